The Morgan fingerprint density at radius 1 is 1.38 bits per heavy atom. The summed E-state index contributed by atoms with van der Waals surface area (Å²) in [5, 5.41) is 5.71. The lowest BCUT2D eigenvalue weighted by Crippen LogP contribution is -2.44. The number of halogens is 1. The quantitative estimate of drug-likeness (QED) is 0.334. The number of piperidine rings is 1. The number of thiophene rings is 1. The molecule has 3 heterocycles. The summed E-state index contributed by atoms with van der Waals surface area (Å²) in [7, 11) is 3.98. The molecule has 0 bridgehead atoms. The van der Waals surface area contributed by atoms with Crippen molar-refractivity contribution < 1.29 is 4.42 Å². The van der Waals surface area contributed by atoms with Crippen LogP contribution in [0.1, 0.15) is 35.1 Å². The van der Waals surface area contributed by atoms with Gasteiger partial charge in [0, 0.05) is 32.1 Å². The smallest absolute Gasteiger partial charge is 0.208 e. The van der Waals surface area contributed by atoms with Crippen molar-refractivity contribution in [3.05, 3.63) is 39.7 Å². The summed E-state index contributed by atoms with van der Waals surface area (Å²) >= 11 is 1.82. The Labute approximate surface area is 195 Å². The highest BCUT2D eigenvalue weighted by molar-refractivity contribution is 14.0. The van der Waals surface area contributed by atoms with Gasteiger partial charge in [0.05, 0.1) is 12.2 Å². The predicted molar refractivity (Wildman–Crippen MR) is 131 cm³/mol. The minimum atomic E-state index is 0. The first-order valence-electron chi connectivity index (χ1n) is 10.1. The van der Waals surface area contributed by atoms with Crippen LogP contribution in [0, 0.1) is 19.8 Å². The highest BCUT2D eigenvalue weighted by Crippen LogP contribution is 2.19. The van der Waals surface area contributed by atoms with Crippen molar-refractivity contribution in [2.45, 2.75) is 39.7 Å². The maximum atomic E-state index is 5.73. The molecule has 0 unspecified atom stereocenters. The Morgan fingerprint density at radius 2 is 2.14 bits per heavy atom. The van der Waals surface area contributed by atoms with Crippen LogP contribution >= 0.6 is 35.3 Å². The standard InChI is InChI=1S/C21H33N5OS.HI/c1-16-17(2)27-20(24-16)15-26-11-7-18(8-12-26)14-23-21(22-3)25(4)10-9-19-6-5-13-28-19;/h5-6,13,18H,7-12,14-15H2,1-4H3,(H,22,23);1H. The number of guanidine groups is 1. The molecule has 2 aromatic heterocycles. The van der Waals surface area contributed by atoms with E-state index in [1.54, 1.807) is 0 Å². The van der Waals surface area contributed by atoms with Crippen LogP contribution in [0.2, 0.25) is 0 Å². The van der Waals surface area contributed by atoms with Crippen molar-refractivity contribution in [3.63, 3.8) is 0 Å². The lowest BCUT2D eigenvalue weighted by molar-refractivity contribution is 0.163. The first-order chi connectivity index (χ1) is 13.5. The second-order valence-electron chi connectivity index (χ2n) is 7.65. The number of rotatable bonds is 7. The number of hydrogen-bond donors (Lipinski definition) is 1. The summed E-state index contributed by atoms with van der Waals surface area (Å²) in [4.78, 5) is 15.1. The van der Waals surface area contributed by atoms with Gasteiger partial charge in [-0.3, -0.25) is 9.89 Å². The molecule has 1 N–H and O–H groups in total. The Kier molecular flexibility index (Phi) is 9.91. The molecule has 1 aliphatic heterocycles. The van der Waals surface area contributed by atoms with Crippen LogP contribution in [0.4, 0.5) is 0 Å². The van der Waals surface area contributed by atoms with E-state index in [2.05, 4.69) is 49.7 Å². The van der Waals surface area contributed by atoms with Gasteiger partial charge < -0.3 is 14.6 Å². The van der Waals surface area contributed by atoms with Crippen LogP contribution in [0.5, 0.6) is 0 Å². The first-order valence-corrected chi connectivity index (χ1v) is 11.0. The van der Waals surface area contributed by atoms with Crippen molar-refractivity contribution in [3.8, 4) is 0 Å². The second-order valence-corrected chi connectivity index (χ2v) is 8.68. The van der Waals surface area contributed by atoms with Crippen molar-refractivity contribution in [2.75, 3.05) is 40.3 Å². The molecular formula is C21H34IN5OS. The van der Waals surface area contributed by atoms with Gasteiger partial charge in [0.15, 0.2) is 5.96 Å². The average Bonchev–Trinajstić information content (AvgIpc) is 3.31. The molecule has 0 radical (unpaired) electrons. The Bertz CT molecular complexity index is 734. The highest BCUT2D eigenvalue weighted by atomic mass is 127. The number of nitrogens with one attached hydrogen (secondary N) is 1. The van der Waals surface area contributed by atoms with Gasteiger partial charge in [0.1, 0.15) is 5.76 Å². The molecule has 8 heteroatoms. The lowest BCUT2D eigenvalue weighted by atomic mass is 9.97. The molecule has 3 rings (SSSR count). The molecule has 1 fully saturated rings. The van der Waals surface area contributed by atoms with Gasteiger partial charge in [-0.15, -0.1) is 35.3 Å². The van der Waals surface area contributed by atoms with E-state index >= 15 is 0 Å². The molecule has 29 heavy (non-hydrogen) atoms. The van der Waals surface area contributed by atoms with E-state index in [4.69, 9.17) is 4.42 Å². The van der Waals surface area contributed by atoms with Crippen LogP contribution in [-0.4, -0.2) is 61.0 Å². The van der Waals surface area contributed by atoms with E-state index < -0.39 is 0 Å². The third kappa shape index (κ3) is 7.25. The Balaban J connectivity index is 0.00000300. The number of hydrogen-bond acceptors (Lipinski definition) is 5. The number of likely N-dealkylation sites (tertiary alicyclic amines) is 1. The van der Waals surface area contributed by atoms with Gasteiger partial charge in [-0.25, -0.2) is 4.98 Å². The van der Waals surface area contributed by atoms with Crippen molar-refractivity contribution in [2.24, 2.45) is 10.9 Å². The normalized spacial score (nSPS) is 15.9. The first kappa shape index (κ1) is 24.1. The number of likely N-dealkylation sites (N-methyl/N-ethyl adjacent to an activating group) is 1. The number of oxazole rings is 1. The minimum absolute atomic E-state index is 0. The van der Waals surface area contributed by atoms with Crippen molar-refractivity contribution >= 4 is 41.3 Å². The molecule has 0 saturated carbocycles. The van der Waals surface area contributed by atoms with E-state index in [0.29, 0.717) is 5.92 Å². The molecule has 0 amide bonds. The number of aryl methyl sites for hydroxylation is 2. The largest absolute Gasteiger partial charge is 0.444 e. The topological polar surface area (TPSA) is 56.9 Å². The number of aliphatic imine (C=N–C) groups is 1. The van der Waals surface area contributed by atoms with Crippen LogP contribution in [-0.2, 0) is 13.0 Å². The summed E-state index contributed by atoms with van der Waals surface area (Å²) in [5.41, 5.74) is 1.00. The van der Waals surface area contributed by atoms with E-state index in [0.717, 1.165) is 62.4 Å². The van der Waals surface area contributed by atoms with Crippen LogP contribution in [0.3, 0.4) is 0 Å². The zero-order valence-corrected chi connectivity index (χ0v) is 21.1. The van der Waals surface area contributed by atoms with Gasteiger partial charge in [0.25, 0.3) is 0 Å². The summed E-state index contributed by atoms with van der Waals surface area (Å²) in [6, 6.07) is 4.31. The third-order valence-electron chi connectivity index (χ3n) is 5.53. The van der Waals surface area contributed by atoms with E-state index in [1.807, 2.05) is 32.2 Å². The average molecular weight is 532 g/mol. The molecule has 6 nitrogen and oxygen atoms in total. The maximum Gasteiger partial charge on any atom is 0.208 e. The van der Waals surface area contributed by atoms with Crippen molar-refractivity contribution in [1.29, 1.82) is 0 Å². The number of aromatic nitrogens is 1. The minimum Gasteiger partial charge on any atom is -0.444 e. The zero-order valence-electron chi connectivity index (χ0n) is 18.0. The molecule has 0 spiro atoms. The Morgan fingerprint density at radius 3 is 2.72 bits per heavy atom. The van der Waals surface area contributed by atoms with E-state index in [-0.39, 0.29) is 24.0 Å². The molecule has 0 aromatic carbocycles. The van der Waals surface area contributed by atoms with Crippen LogP contribution in [0.25, 0.3) is 0 Å². The van der Waals surface area contributed by atoms with Crippen molar-refractivity contribution in [1.82, 2.24) is 20.1 Å². The maximum absolute atomic E-state index is 5.73. The fraction of sp³-hybridized carbons (Fsp3) is 0.619. The monoisotopic (exact) mass is 531 g/mol. The molecular weight excluding hydrogens is 497 g/mol. The molecule has 1 aliphatic rings. The van der Waals surface area contributed by atoms with Gasteiger partial charge in [-0.05, 0) is 63.6 Å². The fourth-order valence-corrected chi connectivity index (χ4v) is 4.30. The lowest BCUT2D eigenvalue weighted by Gasteiger charge is -2.32. The Hall–Kier alpha value is -1.13. The third-order valence-corrected chi connectivity index (χ3v) is 6.47. The fourth-order valence-electron chi connectivity index (χ4n) is 3.61. The summed E-state index contributed by atoms with van der Waals surface area (Å²) in [6.45, 7) is 8.97. The van der Waals surface area contributed by atoms with Gasteiger partial charge >= 0.3 is 0 Å². The summed E-state index contributed by atoms with van der Waals surface area (Å²) < 4.78 is 5.73. The SMILES string of the molecule is CN=C(NCC1CCN(Cc2nc(C)c(C)o2)CC1)N(C)CCc1cccs1.I. The van der Waals surface area contributed by atoms with Crippen LogP contribution < -0.4 is 5.32 Å². The summed E-state index contributed by atoms with van der Waals surface area (Å²) in [5.74, 6) is 3.46. The van der Waals surface area contributed by atoms with Gasteiger partial charge in [-0.1, -0.05) is 6.07 Å². The van der Waals surface area contributed by atoms with Gasteiger partial charge in [-0.2, -0.15) is 0 Å². The molecule has 162 valence electrons. The van der Waals surface area contributed by atoms with E-state index in [9.17, 15) is 0 Å². The highest BCUT2D eigenvalue weighted by Gasteiger charge is 2.21. The van der Waals surface area contributed by atoms with Crippen LogP contribution in [0.15, 0.2) is 26.9 Å². The molecule has 2 aromatic rings. The summed E-state index contributed by atoms with van der Waals surface area (Å²) in [6.07, 6.45) is 3.45. The zero-order chi connectivity index (χ0) is 19.9. The predicted octanol–water partition coefficient (Wildman–Crippen LogP) is 3.93. The molecule has 0 aliphatic carbocycles. The van der Waals surface area contributed by atoms with E-state index in [1.165, 1.54) is 17.7 Å². The van der Waals surface area contributed by atoms with Gasteiger partial charge in [0.2, 0.25) is 5.89 Å². The number of nitrogens with zero attached hydrogens (tertiary/aromatic N) is 4. The molecule has 1 saturated heterocycles. The molecule has 0 atom stereocenters. The second kappa shape index (κ2) is 11.9.